The summed E-state index contributed by atoms with van der Waals surface area (Å²) in [5.74, 6) is -0.154. The van der Waals surface area contributed by atoms with E-state index in [2.05, 4.69) is 0 Å². The van der Waals surface area contributed by atoms with Gasteiger partial charge in [0, 0.05) is 40.4 Å². The SMILES string of the molecule is O=C(c1ccc(Cl)cc1)N1CCN2C(=O)c3ccccc3C12c1ccccc1. The van der Waals surface area contributed by atoms with Crippen LogP contribution in [0.15, 0.2) is 78.9 Å². The number of hydrogen-bond acceptors (Lipinski definition) is 2. The molecule has 3 aromatic rings. The van der Waals surface area contributed by atoms with Gasteiger partial charge in [-0.1, -0.05) is 60.1 Å². The molecule has 5 heteroatoms. The molecule has 2 aliphatic rings. The number of amides is 2. The number of rotatable bonds is 2. The minimum Gasteiger partial charge on any atom is -0.306 e. The molecule has 0 spiro atoms. The molecule has 1 fully saturated rings. The van der Waals surface area contributed by atoms with Crippen molar-refractivity contribution in [2.24, 2.45) is 0 Å². The van der Waals surface area contributed by atoms with Crippen LogP contribution in [0.2, 0.25) is 5.02 Å². The molecular formula is C23H17ClN2O2. The van der Waals surface area contributed by atoms with Gasteiger partial charge in [0.05, 0.1) is 0 Å². The second kappa shape index (κ2) is 6.21. The van der Waals surface area contributed by atoms with Crippen LogP contribution in [0.3, 0.4) is 0 Å². The summed E-state index contributed by atoms with van der Waals surface area (Å²) in [5, 5.41) is 0.582. The standard InChI is InChI=1S/C23H17ClN2O2/c24-18-12-10-16(11-13-18)21(27)25-14-15-26-22(28)19-8-4-5-9-20(19)23(25,26)17-6-2-1-3-7-17/h1-13H,14-15H2. The van der Waals surface area contributed by atoms with Gasteiger partial charge in [0.1, 0.15) is 0 Å². The van der Waals surface area contributed by atoms with Gasteiger partial charge in [0.15, 0.2) is 5.66 Å². The Morgan fingerprint density at radius 3 is 2.29 bits per heavy atom. The van der Waals surface area contributed by atoms with Crippen molar-refractivity contribution >= 4 is 23.4 Å². The highest BCUT2D eigenvalue weighted by Gasteiger charge is 2.59. The van der Waals surface area contributed by atoms with Crippen LogP contribution in [0.5, 0.6) is 0 Å². The Morgan fingerprint density at radius 2 is 1.54 bits per heavy atom. The summed E-state index contributed by atoms with van der Waals surface area (Å²) in [5.41, 5.74) is 2.04. The Bertz CT molecular complexity index is 1080. The molecule has 2 amide bonds. The van der Waals surface area contributed by atoms with E-state index in [4.69, 9.17) is 11.6 Å². The number of carbonyl (C=O) groups excluding carboxylic acids is 2. The number of carbonyl (C=O) groups is 2. The normalized spacial score (nSPS) is 20.2. The van der Waals surface area contributed by atoms with Crippen molar-refractivity contribution in [3.63, 3.8) is 0 Å². The van der Waals surface area contributed by atoms with Crippen LogP contribution >= 0.6 is 11.6 Å². The summed E-state index contributed by atoms with van der Waals surface area (Å²) in [6.07, 6.45) is 0. The predicted molar refractivity (Wildman–Crippen MR) is 107 cm³/mol. The van der Waals surface area contributed by atoms with E-state index in [9.17, 15) is 9.59 Å². The average Bonchev–Trinajstić information content (AvgIpc) is 3.25. The van der Waals surface area contributed by atoms with E-state index >= 15 is 0 Å². The van der Waals surface area contributed by atoms with Crippen molar-refractivity contribution in [1.82, 2.24) is 9.80 Å². The maximum Gasteiger partial charge on any atom is 0.256 e. The van der Waals surface area contributed by atoms with E-state index in [0.717, 1.165) is 11.1 Å². The lowest BCUT2D eigenvalue weighted by molar-refractivity contribution is 0.0375. The first-order chi connectivity index (χ1) is 13.6. The molecule has 0 saturated carbocycles. The molecule has 5 rings (SSSR count). The molecule has 2 heterocycles. The molecule has 0 N–H and O–H groups in total. The monoisotopic (exact) mass is 388 g/mol. The van der Waals surface area contributed by atoms with Gasteiger partial charge in [-0.05, 0) is 30.3 Å². The highest BCUT2D eigenvalue weighted by Crippen LogP contribution is 2.49. The molecule has 0 radical (unpaired) electrons. The lowest BCUT2D eigenvalue weighted by Crippen LogP contribution is -2.51. The number of hydrogen-bond donors (Lipinski definition) is 0. The van der Waals surface area contributed by atoms with Crippen molar-refractivity contribution in [3.05, 3.63) is 106 Å². The van der Waals surface area contributed by atoms with Crippen molar-refractivity contribution in [2.45, 2.75) is 5.66 Å². The Kier molecular flexibility index (Phi) is 3.78. The van der Waals surface area contributed by atoms with Gasteiger partial charge < -0.3 is 9.80 Å². The van der Waals surface area contributed by atoms with E-state index in [1.807, 2.05) is 64.4 Å². The van der Waals surface area contributed by atoms with E-state index in [0.29, 0.717) is 29.2 Å². The van der Waals surface area contributed by atoms with Crippen molar-refractivity contribution in [2.75, 3.05) is 13.1 Å². The molecule has 1 saturated heterocycles. The molecule has 0 bridgehead atoms. The van der Waals surface area contributed by atoms with Gasteiger partial charge in [0.25, 0.3) is 11.8 Å². The summed E-state index contributed by atoms with van der Waals surface area (Å²) < 4.78 is 0. The first-order valence-corrected chi connectivity index (χ1v) is 9.56. The summed E-state index contributed by atoms with van der Waals surface area (Å²) in [4.78, 5) is 30.4. The lowest BCUT2D eigenvalue weighted by Gasteiger charge is -2.40. The van der Waals surface area contributed by atoms with Crippen molar-refractivity contribution < 1.29 is 9.59 Å². The molecule has 4 nitrogen and oxygen atoms in total. The topological polar surface area (TPSA) is 40.6 Å². The minimum absolute atomic E-state index is 0.0362. The number of nitrogens with zero attached hydrogens (tertiary/aromatic N) is 2. The molecule has 0 aromatic heterocycles. The van der Waals surface area contributed by atoms with Crippen LogP contribution < -0.4 is 0 Å². The Labute approximate surface area is 168 Å². The van der Waals surface area contributed by atoms with Gasteiger partial charge >= 0.3 is 0 Å². The fourth-order valence-corrected chi connectivity index (χ4v) is 4.59. The third-order valence-corrected chi connectivity index (χ3v) is 5.87. The van der Waals surface area contributed by atoms with E-state index in [-0.39, 0.29) is 11.8 Å². The smallest absolute Gasteiger partial charge is 0.256 e. The van der Waals surface area contributed by atoms with Gasteiger partial charge in [-0.25, -0.2) is 0 Å². The highest BCUT2D eigenvalue weighted by atomic mass is 35.5. The van der Waals surface area contributed by atoms with Crippen LogP contribution in [-0.2, 0) is 5.66 Å². The van der Waals surface area contributed by atoms with Gasteiger partial charge in [-0.3, -0.25) is 9.59 Å². The quantitative estimate of drug-likeness (QED) is 0.661. The van der Waals surface area contributed by atoms with Crippen molar-refractivity contribution in [3.8, 4) is 0 Å². The van der Waals surface area contributed by atoms with E-state index in [1.54, 1.807) is 24.3 Å². The minimum atomic E-state index is -0.925. The van der Waals surface area contributed by atoms with Crippen LogP contribution in [0.4, 0.5) is 0 Å². The van der Waals surface area contributed by atoms with Gasteiger partial charge in [-0.2, -0.15) is 0 Å². The average molecular weight is 389 g/mol. The first-order valence-electron chi connectivity index (χ1n) is 9.18. The summed E-state index contributed by atoms with van der Waals surface area (Å²) >= 11 is 6.00. The molecule has 1 unspecified atom stereocenters. The third-order valence-electron chi connectivity index (χ3n) is 5.62. The van der Waals surface area contributed by atoms with Crippen LogP contribution in [0, 0.1) is 0 Å². The first kappa shape index (κ1) is 17.0. The second-order valence-electron chi connectivity index (χ2n) is 7.00. The third kappa shape index (κ3) is 2.18. The Balaban J connectivity index is 1.74. The van der Waals surface area contributed by atoms with Crippen molar-refractivity contribution in [1.29, 1.82) is 0 Å². The summed E-state index contributed by atoms with van der Waals surface area (Å²) in [7, 11) is 0. The zero-order chi connectivity index (χ0) is 19.3. The molecular weight excluding hydrogens is 372 g/mol. The maximum atomic E-state index is 13.5. The molecule has 138 valence electrons. The number of halogens is 1. The predicted octanol–water partition coefficient (Wildman–Crippen LogP) is 4.15. The number of benzene rings is 3. The zero-order valence-corrected chi connectivity index (χ0v) is 15.8. The molecule has 28 heavy (non-hydrogen) atoms. The van der Waals surface area contributed by atoms with Crippen LogP contribution in [0.25, 0.3) is 0 Å². The fraction of sp³-hybridized carbons (Fsp3) is 0.130. The van der Waals surface area contributed by atoms with E-state index < -0.39 is 5.66 Å². The zero-order valence-electron chi connectivity index (χ0n) is 15.0. The molecule has 3 aromatic carbocycles. The molecule has 0 aliphatic carbocycles. The maximum absolute atomic E-state index is 13.5. The second-order valence-corrected chi connectivity index (χ2v) is 7.44. The largest absolute Gasteiger partial charge is 0.306 e. The molecule has 1 atom stereocenters. The molecule has 2 aliphatic heterocycles. The van der Waals surface area contributed by atoms with E-state index in [1.165, 1.54) is 0 Å². The van der Waals surface area contributed by atoms with Crippen LogP contribution in [-0.4, -0.2) is 34.7 Å². The summed E-state index contributed by atoms with van der Waals surface area (Å²) in [6, 6.07) is 24.2. The number of fused-ring (bicyclic) bond motifs is 3. The summed E-state index contributed by atoms with van der Waals surface area (Å²) in [6.45, 7) is 0.957. The Hall–Kier alpha value is -3.11. The lowest BCUT2D eigenvalue weighted by atomic mass is 9.89. The highest BCUT2D eigenvalue weighted by molar-refractivity contribution is 6.30. The van der Waals surface area contributed by atoms with Gasteiger partial charge in [-0.15, -0.1) is 0 Å². The van der Waals surface area contributed by atoms with Crippen LogP contribution in [0.1, 0.15) is 31.8 Å². The van der Waals surface area contributed by atoms with Gasteiger partial charge in [0.2, 0.25) is 0 Å². The fourth-order valence-electron chi connectivity index (χ4n) is 4.46. The Morgan fingerprint density at radius 1 is 0.857 bits per heavy atom.